The maximum Gasteiger partial charge on any atom is 0.261 e. The highest BCUT2D eigenvalue weighted by molar-refractivity contribution is 7.92. The lowest BCUT2D eigenvalue weighted by atomic mass is 10.1. The molecular formula is C27H30FN3O5S. The quantitative estimate of drug-likeness (QED) is 0.371. The maximum atomic E-state index is 13.1. The molecule has 0 unspecified atom stereocenters. The van der Waals surface area contributed by atoms with Crippen molar-refractivity contribution in [1.82, 2.24) is 10.2 Å². The number of nitrogens with zero attached hydrogens (tertiary/aromatic N) is 1. The minimum absolute atomic E-state index is 0.0255. The second-order valence-electron chi connectivity index (χ2n) is 8.35. The van der Waals surface area contributed by atoms with Gasteiger partial charge in [-0.15, -0.1) is 0 Å². The van der Waals surface area contributed by atoms with Crippen LogP contribution < -0.4 is 14.8 Å². The van der Waals surface area contributed by atoms with Gasteiger partial charge < -0.3 is 15.0 Å². The molecule has 2 amide bonds. The molecule has 2 N–H and O–H groups in total. The number of amides is 2. The average molecular weight is 528 g/mol. The molecule has 196 valence electrons. The standard InChI is InChI=1S/C27H30FN3O5S/c1-3-17-29-27(33)20(2)31(18-21-7-5-4-6-8-21)26(32)19-36-24-13-15-25(16-14-24)37(34,35)30-23-11-9-22(28)10-12-23/h4-16,20,30H,3,17-19H2,1-2H3,(H,29,33)/t20-/m1/s1. The van der Waals surface area contributed by atoms with Crippen LogP contribution >= 0.6 is 0 Å². The number of carbonyl (C=O) groups is 2. The molecule has 0 aliphatic heterocycles. The molecule has 8 nitrogen and oxygen atoms in total. The fraction of sp³-hybridized carbons (Fsp3) is 0.259. The van der Waals surface area contributed by atoms with Crippen LogP contribution in [0.2, 0.25) is 0 Å². The molecule has 37 heavy (non-hydrogen) atoms. The van der Waals surface area contributed by atoms with E-state index in [0.29, 0.717) is 6.54 Å². The van der Waals surface area contributed by atoms with Gasteiger partial charge in [-0.3, -0.25) is 14.3 Å². The van der Waals surface area contributed by atoms with Crippen LogP contribution in [0.4, 0.5) is 10.1 Å². The number of hydrogen-bond acceptors (Lipinski definition) is 5. The van der Waals surface area contributed by atoms with Crippen LogP contribution in [-0.2, 0) is 26.2 Å². The van der Waals surface area contributed by atoms with E-state index < -0.39 is 27.8 Å². The second kappa shape index (κ2) is 12.9. The predicted molar refractivity (Wildman–Crippen MR) is 139 cm³/mol. The molecule has 0 heterocycles. The van der Waals surface area contributed by atoms with E-state index in [4.69, 9.17) is 4.74 Å². The number of anilines is 1. The average Bonchev–Trinajstić information content (AvgIpc) is 2.90. The number of carbonyl (C=O) groups excluding carboxylic acids is 2. The summed E-state index contributed by atoms with van der Waals surface area (Å²) in [7, 11) is -3.90. The van der Waals surface area contributed by atoms with Crippen molar-refractivity contribution in [3.63, 3.8) is 0 Å². The Morgan fingerprint density at radius 2 is 1.62 bits per heavy atom. The van der Waals surface area contributed by atoms with Crippen LogP contribution in [0.5, 0.6) is 5.75 Å². The Morgan fingerprint density at radius 1 is 0.973 bits per heavy atom. The summed E-state index contributed by atoms with van der Waals surface area (Å²) in [4.78, 5) is 27.1. The topological polar surface area (TPSA) is 105 Å². The first-order valence-corrected chi connectivity index (χ1v) is 13.3. The normalized spacial score (nSPS) is 11.9. The van der Waals surface area contributed by atoms with E-state index in [-0.39, 0.29) is 35.4 Å². The van der Waals surface area contributed by atoms with Crippen molar-refractivity contribution in [3.05, 3.63) is 90.2 Å². The number of hydrogen-bond donors (Lipinski definition) is 2. The molecule has 0 saturated carbocycles. The minimum Gasteiger partial charge on any atom is -0.484 e. The Kier molecular flexibility index (Phi) is 9.62. The largest absolute Gasteiger partial charge is 0.484 e. The van der Waals surface area contributed by atoms with Gasteiger partial charge in [-0.25, -0.2) is 12.8 Å². The Bertz CT molecular complexity index is 1280. The summed E-state index contributed by atoms with van der Waals surface area (Å²) in [6.45, 7) is 4.02. The summed E-state index contributed by atoms with van der Waals surface area (Å²) < 4.78 is 46.3. The zero-order chi connectivity index (χ0) is 26.8. The van der Waals surface area contributed by atoms with Gasteiger partial charge in [-0.05, 0) is 67.4 Å². The lowest BCUT2D eigenvalue weighted by Gasteiger charge is -2.28. The summed E-state index contributed by atoms with van der Waals surface area (Å²) in [6.07, 6.45) is 0.777. The molecule has 0 bridgehead atoms. The van der Waals surface area contributed by atoms with E-state index in [1.54, 1.807) is 6.92 Å². The molecule has 1 atom stereocenters. The third-order valence-electron chi connectivity index (χ3n) is 5.51. The summed E-state index contributed by atoms with van der Waals surface area (Å²) in [5.41, 5.74) is 1.09. The molecule has 0 spiro atoms. The number of nitrogens with one attached hydrogen (secondary N) is 2. The lowest BCUT2D eigenvalue weighted by molar-refractivity contribution is -0.142. The highest BCUT2D eigenvalue weighted by atomic mass is 32.2. The van der Waals surface area contributed by atoms with Gasteiger partial charge in [-0.1, -0.05) is 37.3 Å². The molecule has 0 aromatic heterocycles. The molecule has 0 aliphatic carbocycles. The minimum atomic E-state index is -3.90. The van der Waals surface area contributed by atoms with Crippen molar-refractivity contribution in [2.75, 3.05) is 17.9 Å². The van der Waals surface area contributed by atoms with Crippen molar-refractivity contribution in [2.45, 2.75) is 37.8 Å². The molecule has 0 radical (unpaired) electrons. The van der Waals surface area contributed by atoms with Crippen LogP contribution in [0, 0.1) is 5.82 Å². The number of halogens is 1. The van der Waals surface area contributed by atoms with Gasteiger partial charge in [0, 0.05) is 18.8 Å². The molecule has 0 saturated heterocycles. The monoisotopic (exact) mass is 527 g/mol. The van der Waals surface area contributed by atoms with Gasteiger partial charge in [-0.2, -0.15) is 0 Å². The molecule has 0 aliphatic rings. The Hall–Kier alpha value is -3.92. The van der Waals surface area contributed by atoms with E-state index in [9.17, 15) is 22.4 Å². The highest BCUT2D eigenvalue weighted by Crippen LogP contribution is 2.20. The SMILES string of the molecule is CCCNC(=O)[C@@H](C)N(Cc1ccccc1)C(=O)COc1ccc(S(=O)(=O)Nc2ccc(F)cc2)cc1. The fourth-order valence-electron chi connectivity index (χ4n) is 3.43. The molecule has 3 rings (SSSR count). The fourth-order valence-corrected chi connectivity index (χ4v) is 4.49. The van der Waals surface area contributed by atoms with Crippen LogP contribution in [0.15, 0.2) is 83.8 Å². The van der Waals surface area contributed by atoms with Gasteiger partial charge in [0.25, 0.3) is 15.9 Å². The number of rotatable bonds is 12. The molecule has 0 fully saturated rings. The number of sulfonamides is 1. The summed E-state index contributed by atoms with van der Waals surface area (Å²) in [6, 6.07) is 19.1. The van der Waals surface area contributed by atoms with Gasteiger partial charge in [0.05, 0.1) is 4.90 Å². The van der Waals surface area contributed by atoms with Crippen molar-refractivity contribution < 1.29 is 27.1 Å². The molecule has 3 aromatic carbocycles. The number of benzene rings is 3. The second-order valence-corrected chi connectivity index (χ2v) is 10.0. The molecule has 3 aromatic rings. The van der Waals surface area contributed by atoms with Gasteiger partial charge in [0.15, 0.2) is 6.61 Å². The third kappa shape index (κ3) is 8.04. The van der Waals surface area contributed by atoms with E-state index in [1.165, 1.54) is 41.3 Å². The third-order valence-corrected chi connectivity index (χ3v) is 6.90. The lowest BCUT2D eigenvalue weighted by Crippen LogP contribution is -2.49. The molecule has 10 heteroatoms. The van der Waals surface area contributed by atoms with Gasteiger partial charge >= 0.3 is 0 Å². The van der Waals surface area contributed by atoms with Crippen molar-refractivity contribution in [2.24, 2.45) is 0 Å². The first-order chi connectivity index (χ1) is 17.7. The highest BCUT2D eigenvalue weighted by Gasteiger charge is 2.26. The van der Waals surface area contributed by atoms with E-state index in [0.717, 1.165) is 24.1 Å². The Morgan fingerprint density at radius 3 is 2.24 bits per heavy atom. The zero-order valence-electron chi connectivity index (χ0n) is 20.7. The Labute approximate surface area is 216 Å². The van der Waals surface area contributed by atoms with E-state index >= 15 is 0 Å². The smallest absolute Gasteiger partial charge is 0.261 e. The van der Waals surface area contributed by atoms with Crippen LogP contribution in [-0.4, -0.2) is 44.3 Å². The van der Waals surface area contributed by atoms with Gasteiger partial charge in [0.1, 0.15) is 17.6 Å². The van der Waals surface area contributed by atoms with Crippen LogP contribution in [0.1, 0.15) is 25.8 Å². The maximum absolute atomic E-state index is 13.1. The summed E-state index contributed by atoms with van der Waals surface area (Å²) >= 11 is 0. The van der Waals surface area contributed by atoms with Gasteiger partial charge in [0.2, 0.25) is 5.91 Å². The predicted octanol–water partition coefficient (Wildman–Crippen LogP) is 3.95. The van der Waals surface area contributed by atoms with Crippen LogP contribution in [0.25, 0.3) is 0 Å². The summed E-state index contributed by atoms with van der Waals surface area (Å²) in [5, 5.41) is 2.81. The zero-order valence-corrected chi connectivity index (χ0v) is 21.5. The first-order valence-electron chi connectivity index (χ1n) is 11.8. The van der Waals surface area contributed by atoms with Crippen molar-refractivity contribution >= 4 is 27.5 Å². The van der Waals surface area contributed by atoms with Crippen molar-refractivity contribution in [1.29, 1.82) is 0 Å². The number of ether oxygens (including phenoxy) is 1. The molecular weight excluding hydrogens is 497 g/mol. The van der Waals surface area contributed by atoms with Crippen LogP contribution in [0.3, 0.4) is 0 Å². The Balaban J connectivity index is 1.66. The summed E-state index contributed by atoms with van der Waals surface area (Å²) in [5.74, 6) is -0.832. The van der Waals surface area contributed by atoms with Crippen molar-refractivity contribution in [3.8, 4) is 5.75 Å². The van der Waals surface area contributed by atoms with E-state index in [1.807, 2.05) is 37.3 Å². The van der Waals surface area contributed by atoms with E-state index in [2.05, 4.69) is 10.0 Å². The first kappa shape index (κ1) is 27.7.